The van der Waals surface area contributed by atoms with Gasteiger partial charge in [0.1, 0.15) is 11.9 Å². The second-order valence-electron chi connectivity index (χ2n) is 5.79. The van der Waals surface area contributed by atoms with E-state index in [1.165, 1.54) is 6.42 Å². The summed E-state index contributed by atoms with van der Waals surface area (Å²) in [6.45, 7) is 1.09. The molecule has 1 fully saturated rings. The summed E-state index contributed by atoms with van der Waals surface area (Å²) in [5, 5.41) is 10.9. The Kier molecular flexibility index (Phi) is 4.41. The standard InChI is InChI=1S/C18H22N2O2/c1-20-11-5-7-16(20)15-12-19-10-9-13(15)18(21)14-6-3-4-8-17(14)22-2/h3-4,6,8-10,12,16,18,21H,5,7,11H2,1-2H3/t16-,18?/m0/s1. The summed E-state index contributed by atoms with van der Waals surface area (Å²) in [7, 11) is 3.76. The van der Waals surface area contributed by atoms with Gasteiger partial charge in [0.05, 0.1) is 7.11 Å². The first-order valence-electron chi connectivity index (χ1n) is 7.67. The zero-order valence-corrected chi connectivity index (χ0v) is 13.1. The van der Waals surface area contributed by atoms with Gasteiger partial charge in [-0.15, -0.1) is 0 Å². The molecule has 1 N–H and O–H groups in total. The number of likely N-dealkylation sites (tertiary alicyclic amines) is 1. The minimum Gasteiger partial charge on any atom is -0.496 e. The highest BCUT2D eigenvalue weighted by Gasteiger charge is 2.28. The van der Waals surface area contributed by atoms with Crippen molar-refractivity contribution in [3.63, 3.8) is 0 Å². The van der Waals surface area contributed by atoms with Crippen LogP contribution in [0.5, 0.6) is 5.75 Å². The van der Waals surface area contributed by atoms with Crippen LogP contribution >= 0.6 is 0 Å². The van der Waals surface area contributed by atoms with E-state index in [4.69, 9.17) is 4.74 Å². The number of nitrogens with zero attached hydrogens (tertiary/aromatic N) is 2. The molecule has 2 atom stereocenters. The molecule has 116 valence electrons. The minimum atomic E-state index is -0.705. The SMILES string of the molecule is COc1ccccc1C(O)c1ccncc1[C@@H]1CCCN1C. The number of aromatic nitrogens is 1. The quantitative estimate of drug-likeness (QED) is 0.942. The van der Waals surface area contributed by atoms with E-state index in [1.807, 2.05) is 36.5 Å². The van der Waals surface area contributed by atoms with Crippen molar-refractivity contribution in [2.45, 2.75) is 25.0 Å². The Morgan fingerprint density at radius 2 is 2.09 bits per heavy atom. The molecule has 0 aliphatic carbocycles. The summed E-state index contributed by atoms with van der Waals surface area (Å²) >= 11 is 0. The molecule has 0 saturated carbocycles. The first kappa shape index (κ1) is 15.0. The molecular weight excluding hydrogens is 276 g/mol. The molecule has 1 unspecified atom stereocenters. The van der Waals surface area contributed by atoms with Gasteiger partial charge in [-0.2, -0.15) is 0 Å². The van der Waals surface area contributed by atoms with Crippen LogP contribution in [0.3, 0.4) is 0 Å². The van der Waals surface area contributed by atoms with Crippen molar-refractivity contribution >= 4 is 0 Å². The lowest BCUT2D eigenvalue weighted by Gasteiger charge is -2.25. The van der Waals surface area contributed by atoms with Crippen LogP contribution in [0.2, 0.25) is 0 Å². The van der Waals surface area contributed by atoms with Crippen molar-refractivity contribution < 1.29 is 9.84 Å². The molecule has 1 aromatic carbocycles. The van der Waals surface area contributed by atoms with Gasteiger partial charge in [0, 0.05) is 24.0 Å². The van der Waals surface area contributed by atoms with Crippen LogP contribution in [0.15, 0.2) is 42.7 Å². The van der Waals surface area contributed by atoms with Crippen LogP contribution in [-0.4, -0.2) is 35.7 Å². The third-order valence-electron chi connectivity index (χ3n) is 4.49. The molecule has 4 heteroatoms. The maximum atomic E-state index is 10.9. The van der Waals surface area contributed by atoms with E-state index in [0.29, 0.717) is 11.8 Å². The Balaban J connectivity index is 2.01. The van der Waals surface area contributed by atoms with Gasteiger partial charge < -0.3 is 9.84 Å². The van der Waals surface area contributed by atoms with Gasteiger partial charge in [0.2, 0.25) is 0 Å². The van der Waals surface area contributed by atoms with E-state index in [-0.39, 0.29) is 0 Å². The summed E-state index contributed by atoms with van der Waals surface area (Å²) in [5.41, 5.74) is 2.82. The fourth-order valence-electron chi connectivity index (χ4n) is 3.31. The summed E-state index contributed by atoms with van der Waals surface area (Å²) in [5.74, 6) is 0.706. The first-order valence-corrected chi connectivity index (χ1v) is 7.67. The smallest absolute Gasteiger partial charge is 0.125 e. The van der Waals surface area contributed by atoms with Crippen LogP contribution in [0.1, 0.15) is 41.7 Å². The highest BCUT2D eigenvalue weighted by atomic mass is 16.5. The fraction of sp³-hybridized carbons (Fsp3) is 0.389. The van der Waals surface area contributed by atoms with E-state index in [1.54, 1.807) is 13.3 Å². The van der Waals surface area contributed by atoms with Gasteiger partial charge in [0.25, 0.3) is 0 Å². The number of aliphatic hydroxyl groups is 1. The number of hydrogen-bond donors (Lipinski definition) is 1. The second kappa shape index (κ2) is 6.46. The number of rotatable bonds is 4. The highest BCUT2D eigenvalue weighted by molar-refractivity contribution is 5.42. The summed E-state index contributed by atoms with van der Waals surface area (Å²) in [6, 6.07) is 9.86. The fourth-order valence-corrected chi connectivity index (χ4v) is 3.31. The summed E-state index contributed by atoms with van der Waals surface area (Å²) in [6.07, 6.45) is 5.21. The van der Waals surface area contributed by atoms with E-state index in [0.717, 1.165) is 29.7 Å². The van der Waals surface area contributed by atoms with Crippen LogP contribution in [-0.2, 0) is 0 Å². The predicted octanol–water partition coefficient (Wildman–Crippen LogP) is 2.94. The van der Waals surface area contributed by atoms with E-state index >= 15 is 0 Å². The Morgan fingerprint density at radius 1 is 1.27 bits per heavy atom. The number of ether oxygens (including phenoxy) is 1. The molecule has 1 aliphatic rings. The molecule has 1 aromatic heterocycles. The van der Waals surface area contributed by atoms with Crippen LogP contribution in [0.4, 0.5) is 0 Å². The van der Waals surface area contributed by atoms with Gasteiger partial charge in [0.15, 0.2) is 0 Å². The molecule has 2 aromatic rings. The van der Waals surface area contributed by atoms with Crippen molar-refractivity contribution in [1.82, 2.24) is 9.88 Å². The van der Waals surface area contributed by atoms with Crippen molar-refractivity contribution in [1.29, 1.82) is 0 Å². The average Bonchev–Trinajstić information content (AvgIpc) is 3.00. The van der Waals surface area contributed by atoms with Gasteiger partial charge in [-0.3, -0.25) is 9.88 Å². The molecule has 0 amide bonds. The molecule has 0 radical (unpaired) electrons. The first-order chi connectivity index (χ1) is 10.7. The lowest BCUT2D eigenvalue weighted by Crippen LogP contribution is -2.20. The van der Waals surface area contributed by atoms with Crippen LogP contribution in [0.25, 0.3) is 0 Å². The lowest BCUT2D eigenvalue weighted by atomic mass is 9.93. The molecule has 1 aliphatic heterocycles. The zero-order chi connectivity index (χ0) is 15.5. The molecular formula is C18H22N2O2. The second-order valence-corrected chi connectivity index (χ2v) is 5.79. The van der Waals surface area contributed by atoms with Crippen LogP contribution in [0, 0.1) is 0 Å². The third-order valence-corrected chi connectivity index (χ3v) is 4.49. The molecule has 0 bridgehead atoms. The number of aliphatic hydroxyl groups excluding tert-OH is 1. The van der Waals surface area contributed by atoms with Crippen molar-refractivity contribution in [3.8, 4) is 5.75 Å². The molecule has 4 nitrogen and oxygen atoms in total. The number of methoxy groups -OCH3 is 1. The zero-order valence-electron chi connectivity index (χ0n) is 13.1. The van der Waals surface area contributed by atoms with Crippen LogP contribution < -0.4 is 4.74 Å². The normalized spacial score (nSPS) is 20.0. The Labute approximate surface area is 131 Å². The Hall–Kier alpha value is -1.91. The van der Waals surface area contributed by atoms with Crippen molar-refractivity contribution in [3.05, 3.63) is 59.4 Å². The lowest BCUT2D eigenvalue weighted by molar-refractivity contribution is 0.209. The topological polar surface area (TPSA) is 45.6 Å². The predicted molar refractivity (Wildman–Crippen MR) is 85.9 cm³/mol. The molecule has 2 heterocycles. The molecule has 22 heavy (non-hydrogen) atoms. The summed E-state index contributed by atoms with van der Waals surface area (Å²) in [4.78, 5) is 6.60. The maximum absolute atomic E-state index is 10.9. The van der Waals surface area contributed by atoms with Gasteiger partial charge in [-0.25, -0.2) is 0 Å². The monoisotopic (exact) mass is 298 g/mol. The van der Waals surface area contributed by atoms with Gasteiger partial charge in [-0.05, 0) is 49.7 Å². The van der Waals surface area contributed by atoms with Gasteiger partial charge >= 0.3 is 0 Å². The largest absolute Gasteiger partial charge is 0.496 e. The highest BCUT2D eigenvalue weighted by Crippen LogP contribution is 2.37. The van der Waals surface area contributed by atoms with Gasteiger partial charge in [-0.1, -0.05) is 18.2 Å². The Bertz CT molecular complexity index is 644. The molecule has 1 saturated heterocycles. The Morgan fingerprint density at radius 3 is 2.82 bits per heavy atom. The van der Waals surface area contributed by atoms with E-state index < -0.39 is 6.10 Å². The minimum absolute atomic E-state index is 0.327. The van der Waals surface area contributed by atoms with Crippen molar-refractivity contribution in [2.24, 2.45) is 0 Å². The van der Waals surface area contributed by atoms with E-state index in [9.17, 15) is 5.11 Å². The number of para-hydroxylation sites is 1. The number of hydrogen-bond acceptors (Lipinski definition) is 4. The third kappa shape index (κ3) is 2.72. The average molecular weight is 298 g/mol. The maximum Gasteiger partial charge on any atom is 0.125 e. The molecule has 0 spiro atoms. The number of pyridine rings is 1. The number of benzene rings is 1. The molecule has 3 rings (SSSR count). The van der Waals surface area contributed by atoms with Crippen molar-refractivity contribution in [2.75, 3.05) is 20.7 Å². The van der Waals surface area contributed by atoms with E-state index in [2.05, 4.69) is 16.9 Å². The summed E-state index contributed by atoms with van der Waals surface area (Å²) < 4.78 is 5.39.